The van der Waals surface area contributed by atoms with Gasteiger partial charge in [0.25, 0.3) is 15.7 Å². The van der Waals surface area contributed by atoms with E-state index in [1.807, 2.05) is 18.2 Å². The molecule has 1 aliphatic heterocycles. The van der Waals surface area contributed by atoms with Crippen molar-refractivity contribution in [3.63, 3.8) is 0 Å². The quantitative estimate of drug-likeness (QED) is 0.317. The second-order valence-electron chi connectivity index (χ2n) is 8.05. The van der Waals surface area contributed by atoms with Gasteiger partial charge in [0.1, 0.15) is 0 Å². The van der Waals surface area contributed by atoms with Crippen molar-refractivity contribution < 1.29 is 13.3 Å². The number of hydrogen-bond acceptors (Lipinski definition) is 5. The number of nitrogens with zero attached hydrogens (tertiary/aromatic N) is 1. The van der Waals surface area contributed by atoms with Gasteiger partial charge in [-0.15, -0.1) is 0 Å². The van der Waals surface area contributed by atoms with E-state index in [4.69, 9.17) is 0 Å². The first-order chi connectivity index (χ1) is 15.4. The number of nitrogens with one attached hydrogen (secondary N) is 2. The van der Waals surface area contributed by atoms with Crippen LogP contribution in [0.4, 0.5) is 17.1 Å². The van der Waals surface area contributed by atoms with E-state index in [0.29, 0.717) is 5.92 Å². The van der Waals surface area contributed by atoms with Gasteiger partial charge in [-0.05, 0) is 47.7 Å². The summed E-state index contributed by atoms with van der Waals surface area (Å²) < 4.78 is 28.5. The van der Waals surface area contributed by atoms with E-state index in [1.165, 1.54) is 29.8 Å². The van der Waals surface area contributed by atoms with Crippen LogP contribution >= 0.6 is 0 Å². The Morgan fingerprint density at radius 3 is 2.59 bits per heavy atom. The van der Waals surface area contributed by atoms with Crippen LogP contribution in [0.1, 0.15) is 29.5 Å². The fraction of sp³-hybridized carbons (Fsp3) is 0.167. The molecule has 0 saturated heterocycles. The first-order valence-corrected chi connectivity index (χ1v) is 11.8. The SMILES string of the molecule is O=[N+]([O-])c1cccc(NS(=O)(=O)c2ccc3c(c2)[C@H]2C=CC[C@H]2[C@@H](c2ccccc2)N3)c1. The molecule has 1 aliphatic carbocycles. The smallest absolute Gasteiger partial charge is 0.271 e. The second kappa shape index (κ2) is 7.80. The Bertz CT molecular complexity index is 1320. The van der Waals surface area contributed by atoms with E-state index < -0.39 is 14.9 Å². The molecule has 2 N–H and O–H groups in total. The van der Waals surface area contributed by atoms with Crippen molar-refractivity contribution in [3.05, 3.63) is 106 Å². The molecule has 162 valence electrons. The van der Waals surface area contributed by atoms with Gasteiger partial charge >= 0.3 is 0 Å². The van der Waals surface area contributed by atoms with Crippen LogP contribution in [0.2, 0.25) is 0 Å². The molecule has 2 aliphatic rings. The topological polar surface area (TPSA) is 101 Å². The van der Waals surface area contributed by atoms with Crippen LogP contribution in [-0.2, 0) is 10.0 Å². The van der Waals surface area contributed by atoms with Crippen LogP contribution in [0, 0.1) is 16.0 Å². The number of fused-ring (bicyclic) bond motifs is 3. The van der Waals surface area contributed by atoms with Crippen LogP contribution < -0.4 is 10.0 Å². The monoisotopic (exact) mass is 447 g/mol. The number of anilines is 2. The summed E-state index contributed by atoms with van der Waals surface area (Å²) in [4.78, 5) is 10.6. The predicted octanol–water partition coefficient (Wildman–Crippen LogP) is 5.22. The lowest BCUT2D eigenvalue weighted by atomic mass is 9.77. The van der Waals surface area contributed by atoms with Crippen molar-refractivity contribution in [3.8, 4) is 0 Å². The van der Waals surface area contributed by atoms with Gasteiger partial charge in [-0.3, -0.25) is 14.8 Å². The van der Waals surface area contributed by atoms with E-state index >= 15 is 0 Å². The number of allylic oxidation sites excluding steroid dienone is 2. The number of sulfonamides is 1. The van der Waals surface area contributed by atoms with Crippen LogP contribution in [-0.4, -0.2) is 13.3 Å². The number of benzene rings is 3. The predicted molar refractivity (Wildman–Crippen MR) is 123 cm³/mol. The molecular formula is C24H21N3O4S. The molecule has 1 heterocycles. The zero-order valence-electron chi connectivity index (χ0n) is 17.0. The highest BCUT2D eigenvalue weighted by atomic mass is 32.2. The van der Waals surface area contributed by atoms with E-state index in [-0.39, 0.29) is 28.2 Å². The van der Waals surface area contributed by atoms with Gasteiger partial charge in [-0.25, -0.2) is 8.42 Å². The molecule has 0 saturated carbocycles. The van der Waals surface area contributed by atoms with Crippen LogP contribution in [0.5, 0.6) is 0 Å². The second-order valence-corrected chi connectivity index (χ2v) is 9.73. The Labute approximate surface area is 186 Å². The summed E-state index contributed by atoms with van der Waals surface area (Å²) in [5, 5.41) is 14.6. The third-order valence-corrected chi connectivity index (χ3v) is 7.49. The molecule has 7 nitrogen and oxygen atoms in total. The number of hydrogen-bond donors (Lipinski definition) is 2. The van der Waals surface area contributed by atoms with E-state index in [2.05, 4.69) is 34.3 Å². The molecule has 0 bridgehead atoms. The molecule has 32 heavy (non-hydrogen) atoms. The molecular weight excluding hydrogens is 426 g/mol. The van der Waals surface area contributed by atoms with Gasteiger partial charge in [0, 0.05) is 23.7 Å². The average Bonchev–Trinajstić information content (AvgIpc) is 3.29. The van der Waals surface area contributed by atoms with Crippen molar-refractivity contribution >= 4 is 27.1 Å². The van der Waals surface area contributed by atoms with E-state index in [0.717, 1.165) is 17.7 Å². The summed E-state index contributed by atoms with van der Waals surface area (Å²) in [6.07, 6.45) is 5.23. The summed E-state index contributed by atoms with van der Waals surface area (Å²) in [6.45, 7) is 0. The Balaban J connectivity index is 1.48. The highest BCUT2D eigenvalue weighted by Gasteiger charge is 2.38. The fourth-order valence-electron chi connectivity index (χ4n) is 4.63. The first-order valence-electron chi connectivity index (χ1n) is 10.3. The normalized spacial score (nSPS) is 21.3. The molecule has 5 rings (SSSR count). The summed E-state index contributed by atoms with van der Waals surface area (Å²) >= 11 is 0. The highest BCUT2D eigenvalue weighted by molar-refractivity contribution is 7.92. The highest BCUT2D eigenvalue weighted by Crippen LogP contribution is 2.50. The lowest BCUT2D eigenvalue weighted by Gasteiger charge is -2.37. The average molecular weight is 448 g/mol. The Hall–Kier alpha value is -3.65. The summed E-state index contributed by atoms with van der Waals surface area (Å²) in [7, 11) is -3.91. The lowest BCUT2D eigenvalue weighted by Crippen LogP contribution is -2.29. The third-order valence-electron chi connectivity index (χ3n) is 6.11. The minimum atomic E-state index is -3.91. The summed E-state index contributed by atoms with van der Waals surface area (Å²) in [6, 6.07) is 21.0. The minimum absolute atomic E-state index is 0.115. The van der Waals surface area contributed by atoms with Crippen molar-refractivity contribution in [2.75, 3.05) is 10.0 Å². The van der Waals surface area contributed by atoms with E-state index in [1.54, 1.807) is 18.2 Å². The number of nitro benzene ring substituents is 1. The van der Waals surface area contributed by atoms with Gasteiger partial charge in [0.15, 0.2) is 0 Å². The zero-order valence-corrected chi connectivity index (χ0v) is 17.8. The van der Waals surface area contributed by atoms with Gasteiger partial charge < -0.3 is 5.32 Å². The Kier molecular flexibility index (Phi) is 4.94. The standard InChI is InChI=1S/C24H21N3O4S/c28-27(29)18-9-4-8-17(14-18)26-32(30,31)19-12-13-23-22(15-19)20-10-5-11-21(20)24(25-23)16-6-2-1-3-7-16/h1-10,12-15,20-21,24-26H,11H2/t20-,21+,24+/m0/s1. The molecule has 8 heteroatoms. The van der Waals surface area contributed by atoms with Crippen LogP contribution in [0.25, 0.3) is 0 Å². The van der Waals surface area contributed by atoms with Gasteiger partial charge in [0.2, 0.25) is 0 Å². The van der Waals surface area contributed by atoms with Crippen molar-refractivity contribution in [1.82, 2.24) is 0 Å². The molecule has 3 aromatic rings. The third kappa shape index (κ3) is 3.62. The Morgan fingerprint density at radius 1 is 1.00 bits per heavy atom. The number of nitro groups is 1. The maximum atomic E-state index is 13.0. The molecule has 0 unspecified atom stereocenters. The molecule has 0 spiro atoms. The van der Waals surface area contributed by atoms with Crippen molar-refractivity contribution in [2.45, 2.75) is 23.3 Å². The van der Waals surface area contributed by atoms with Crippen LogP contribution in [0.3, 0.4) is 0 Å². The number of non-ortho nitro benzene ring substituents is 1. The van der Waals surface area contributed by atoms with Crippen molar-refractivity contribution in [1.29, 1.82) is 0 Å². The van der Waals surface area contributed by atoms with E-state index in [9.17, 15) is 18.5 Å². The first kappa shape index (κ1) is 20.3. The molecule has 3 atom stereocenters. The fourth-order valence-corrected chi connectivity index (χ4v) is 5.71. The van der Waals surface area contributed by atoms with Gasteiger partial charge in [-0.2, -0.15) is 0 Å². The van der Waals surface area contributed by atoms with Gasteiger partial charge in [0.05, 0.1) is 21.5 Å². The molecule has 0 radical (unpaired) electrons. The molecule has 0 amide bonds. The minimum Gasteiger partial charge on any atom is -0.378 e. The summed E-state index contributed by atoms with van der Waals surface area (Å²) in [5.74, 6) is 0.414. The zero-order chi connectivity index (χ0) is 22.3. The number of rotatable bonds is 5. The molecule has 3 aromatic carbocycles. The maximum Gasteiger partial charge on any atom is 0.271 e. The van der Waals surface area contributed by atoms with Crippen molar-refractivity contribution in [2.24, 2.45) is 5.92 Å². The maximum absolute atomic E-state index is 13.0. The molecule has 0 aromatic heterocycles. The lowest BCUT2D eigenvalue weighted by molar-refractivity contribution is -0.384. The van der Waals surface area contributed by atoms with Gasteiger partial charge in [-0.1, -0.05) is 48.6 Å². The van der Waals surface area contributed by atoms with Crippen LogP contribution in [0.15, 0.2) is 89.8 Å². The summed E-state index contributed by atoms with van der Waals surface area (Å²) in [5.41, 5.74) is 3.04. The largest absolute Gasteiger partial charge is 0.378 e. The molecule has 0 fully saturated rings. The Morgan fingerprint density at radius 2 is 1.81 bits per heavy atom.